The minimum absolute atomic E-state index is 0.229. The van der Waals surface area contributed by atoms with Crippen LogP contribution in [-0.4, -0.2) is 25.5 Å². The van der Waals surface area contributed by atoms with Gasteiger partial charge >= 0.3 is 0 Å². The van der Waals surface area contributed by atoms with Gasteiger partial charge in [0.05, 0.1) is 17.4 Å². The van der Waals surface area contributed by atoms with Crippen LogP contribution >= 0.6 is 11.6 Å². The number of carbonyl (C=O) groups is 1. The van der Waals surface area contributed by atoms with E-state index < -0.39 is 0 Å². The second kappa shape index (κ2) is 5.44. The normalized spacial score (nSPS) is 10.7. The zero-order valence-corrected chi connectivity index (χ0v) is 11.9. The van der Waals surface area contributed by atoms with E-state index >= 15 is 0 Å². The molecule has 0 radical (unpaired) electrons. The molecule has 1 amide bonds. The van der Waals surface area contributed by atoms with Crippen LogP contribution < -0.4 is 5.32 Å². The van der Waals surface area contributed by atoms with Crippen LogP contribution in [0.5, 0.6) is 0 Å². The first kappa shape index (κ1) is 13.6. The molecule has 0 saturated heterocycles. The van der Waals surface area contributed by atoms with E-state index in [0.29, 0.717) is 23.8 Å². The molecule has 1 N–H and O–H groups in total. The lowest BCUT2D eigenvalue weighted by molar-refractivity contribution is 0.0940. The number of nitrogens with zero attached hydrogens (tertiary/aromatic N) is 4. The highest BCUT2D eigenvalue weighted by molar-refractivity contribution is 6.33. The maximum atomic E-state index is 12.1. The third-order valence-corrected chi connectivity index (χ3v) is 3.36. The van der Waals surface area contributed by atoms with Gasteiger partial charge in [-0.1, -0.05) is 11.6 Å². The Hall–Kier alpha value is -1.82. The van der Waals surface area contributed by atoms with Gasteiger partial charge in [0.1, 0.15) is 5.69 Å². The number of amides is 1. The Morgan fingerprint density at radius 1 is 1.42 bits per heavy atom. The molecule has 0 fully saturated rings. The molecule has 0 unspecified atom stereocenters. The van der Waals surface area contributed by atoms with Crippen LogP contribution in [0.2, 0.25) is 5.02 Å². The van der Waals surface area contributed by atoms with Gasteiger partial charge in [-0.05, 0) is 13.8 Å². The van der Waals surface area contributed by atoms with Gasteiger partial charge in [0.2, 0.25) is 0 Å². The number of hydrogen-bond donors (Lipinski definition) is 1. The second-order valence-corrected chi connectivity index (χ2v) is 4.63. The molecule has 0 aliphatic carbocycles. The Balaban J connectivity index is 2.09. The lowest BCUT2D eigenvalue weighted by Gasteiger charge is -2.07. The van der Waals surface area contributed by atoms with Gasteiger partial charge in [-0.2, -0.15) is 10.2 Å². The van der Waals surface area contributed by atoms with Crippen molar-refractivity contribution in [3.8, 4) is 0 Å². The first-order chi connectivity index (χ1) is 9.04. The van der Waals surface area contributed by atoms with Gasteiger partial charge in [0.15, 0.2) is 0 Å². The highest BCUT2D eigenvalue weighted by Crippen LogP contribution is 2.15. The lowest BCUT2D eigenvalue weighted by Crippen LogP contribution is -2.26. The summed E-state index contributed by atoms with van der Waals surface area (Å²) in [4.78, 5) is 12.1. The van der Waals surface area contributed by atoms with E-state index in [1.165, 1.54) is 6.20 Å². The summed E-state index contributed by atoms with van der Waals surface area (Å²) in [5.41, 5.74) is 2.40. The molecule has 0 spiro atoms. The Labute approximate surface area is 116 Å². The number of aryl methyl sites for hydroxylation is 2. The van der Waals surface area contributed by atoms with Gasteiger partial charge in [-0.25, -0.2) is 0 Å². The summed E-state index contributed by atoms with van der Waals surface area (Å²) in [6, 6.07) is 0. The van der Waals surface area contributed by atoms with Crippen molar-refractivity contribution in [3.63, 3.8) is 0 Å². The highest BCUT2D eigenvalue weighted by atomic mass is 35.5. The van der Waals surface area contributed by atoms with Crippen LogP contribution in [-0.2, 0) is 20.1 Å². The SMILES string of the molecule is CCn1ncc(Cl)c1C(=O)NCc1cnn(C)c1C. The van der Waals surface area contributed by atoms with Gasteiger partial charge in [-0.3, -0.25) is 14.2 Å². The molecule has 7 heteroatoms. The summed E-state index contributed by atoms with van der Waals surface area (Å²) in [5.74, 6) is -0.229. The highest BCUT2D eigenvalue weighted by Gasteiger charge is 2.16. The quantitative estimate of drug-likeness (QED) is 0.924. The van der Waals surface area contributed by atoms with Crippen molar-refractivity contribution in [3.05, 3.63) is 34.4 Å². The summed E-state index contributed by atoms with van der Waals surface area (Å²) in [6.07, 6.45) is 3.23. The average Bonchev–Trinajstić information content (AvgIpc) is 2.92. The van der Waals surface area contributed by atoms with Crippen LogP contribution in [0.25, 0.3) is 0 Å². The van der Waals surface area contributed by atoms with E-state index in [2.05, 4.69) is 15.5 Å². The average molecular weight is 282 g/mol. The molecule has 0 atom stereocenters. The molecular formula is C12H16ClN5O. The standard InChI is InChI=1S/C12H16ClN5O/c1-4-18-11(10(13)7-16-18)12(19)14-5-9-6-15-17(3)8(9)2/h6-7H,4-5H2,1-3H3,(H,14,19). The minimum Gasteiger partial charge on any atom is -0.346 e. The van der Waals surface area contributed by atoms with E-state index in [0.717, 1.165) is 11.3 Å². The van der Waals surface area contributed by atoms with Crippen molar-refractivity contribution >= 4 is 17.5 Å². The van der Waals surface area contributed by atoms with E-state index in [1.807, 2.05) is 20.9 Å². The maximum Gasteiger partial charge on any atom is 0.271 e. The van der Waals surface area contributed by atoms with Crippen molar-refractivity contribution in [1.29, 1.82) is 0 Å². The molecule has 102 valence electrons. The van der Waals surface area contributed by atoms with Crippen LogP contribution in [0.15, 0.2) is 12.4 Å². The third-order valence-electron chi connectivity index (χ3n) is 3.09. The van der Waals surface area contributed by atoms with Crippen molar-refractivity contribution in [1.82, 2.24) is 24.9 Å². The zero-order chi connectivity index (χ0) is 14.0. The summed E-state index contributed by atoms with van der Waals surface area (Å²) in [5, 5.41) is 11.4. The molecule has 2 aromatic heterocycles. The number of halogens is 1. The molecule has 0 bridgehead atoms. The Kier molecular flexibility index (Phi) is 3.90. The van der Waals surface area contributed by atoms with Gasteiger partial charge < -0.3 is 5.32 Å². The molecular weight excluding hydrogens is 266 g/mol. The minimum atomic E-state index is -0.229. The molecule has 2 rings (SSSR count). The van der Waals surface area contributed by atoms with Crippen LogP contribution in [0.1, 0.15) is 28.7 Å². The predicted octanol–water partition coefficient (Wildman–Crippen LogP) is 1.53. The Morgan fingerprint density at radius 2 is 2.16 bits per heavy atom. The molecule has 0 aliphatic heterocycles. The van der Waals surface area contributed by atoms with E-state index in [4.69, 9.17) is 11.6 Å². The molecule has 19 heavy (non-hydrogen) atoms. The van der Waals surface area contributed by atoms with E-state index in [9.17, 15) is 4.79 Å². The number of nitrogens with one attached hydrogen (secondary N) is 1. The summed E-state index contributed by atoms with van der Waals surface area (Å²) in [7, 11) is 1.86. The monoisotopic (exact) mass is 281 g/mol. The van der Waals surface area contributed by atoms with Gasteiger partial charge in [0, 0.05) is 31.4 Å². The number of rotatable bonds is 4. The van der Waals surface area contributed by atoms with Crippen LogP contribution in [0.3, 0.4) is 0 Å². The second-order valence-electron chi connectivity index (χ2n) is 4.22. The molecule has 0 aliphatic rings. The van der Waals surface area contributed by atoms with E-state index in [-0.39, 0.29) is 5.91 Å². The maximum absolute atomic E-state index is 12.1. The summed E-state index contributed by atoms with van der Waals surface area (Å²) in [6.45, 7) is 4.88. The summed E-state index contributed by atoms with van der Waals surface area (Å²) >= 11 is 5.98. The third kappa shape index (κ3) is 2.63. The topological polar surface area (TPSA) is 64.7 Å². The predicted molar refractivity (Wildman–Crippen MR) is 72.0 cm³/mol. The lowest BCUT2D eigenvalue weighted by atomic mass is 10.2. The van der Waals surface area contributed by atoms with Gasteiger partial charge in [-0.15, -0.1) is 0 Å². The van der Waals surface area contributed by atoms with Crippen molar-refractivity contribution in [2.45, 2.75) is 26.9 Å². The van der Waals surface area contributed by atoms with Crippen LogP contribution in [0, 0.1) is 6.92 Å². The van der Waals surface area contributed by atoms with Gasteiger partial charge in [0.25, 0.3) is 5.91 Å². The van der Waals surface area contributed by atoms with Crippen molar-refractivity contribution < 1.29 is 4.79 Å². The molecule has 0 aromatic carbocycles. The van der Waals surface area contributed by atoms with E-state index in [1.54, 1.807) is 15.6 Å². The number of carbonyl (C=O) groups excluding carboxylic acids is 1. The molecule has 6 nitrogen and oxygen atoms in total. The van der Waals surface area contributed by atoms with Crippen molar-refractivity contribution in [2.24, 2.45) is 7.05 Å². The Bertz CT molecular complexity index is 601. The fourth-order valence-electron chi connectivity index (χ4n) is 1.80. The fourth-order valence-corrected chi connectivity index (χ4v) is 2.03. The number of aromatic nitrogens is 4. The smallest absolute Gasteiger partial charge is 0.271 e. The van der Waals surface area contributed by atoms with Crippen LogP contribution in [0.4, 0.5) is 0 Å². The molecule has 0 saturated carbocycles. The first-order valence-electron chi connectivity index (χ1n) is 6.01. The fraction of sp³-hybridized carbons (Fsp3) is 0.417. The first-order valence-corrected chi connectivity index (χ1v) is 6.39. The largest absolute Gasteiger partial charge is 0.346 e. The molecule has 2 aromatic rings. The van der Waals surface area contributed by atoms with Crippen molar-refractivity contribution in [2.75, 3.05) is 0 Å². The zero-order valence-electron chi connectivity index (χ0n) is 11.1. The Morgan fingerprint density at radius 3 is 2.74 bits per heavy atom. The number of hydrogen-bond acceptors (Lipinski definition) is 3. The molecule has 2 heterocycles. The summed E-state index contributed by atoms with van der Waals surface area (Å²) < 4.78 is 3.35.